The van der Waals surface area contributed by atoms with Crippen LogP contribution in [0.1, 0.15) is 13.3 Å². The molecular weight excluding hydrogens is 116 g/mol. The van der Waals surface area contributed by atoms with Crippen molar-refractivity contribution in [1.82, 2.24) is 0 Å². The molecule has 0 saturated heterocycles. The van der Waals surface area contributed by atoms with E-state index >= 15 is 0 Å². The van der Waals surface area contributed by atoms with E-state index in [0.717, 1.165) is 6.42 Å². The van der Waals surface area contributed by atoms with Gasteiger partial charge < -0.3 is 9.84 Å². The fraction of sp³-hybridized carbons (Fsp3) is 0.714. The topological polar surface area (TPSA) is 29.5 Å². The monoisotopic (exact) mass is 128 g/mol. The Labute approximate surface area is 55.1 Å². The molecule has 0 aromatic heterocycles. The summed E-state index contributed by atoms with van der Waals surface area (Å²) >= 11 is 0. The first-order valence-corrected chi connectivity index (χ1v) is 3.26. The molecular formula is C7H12O2. The van der Waals surface area contributed by atoms with Gasteiger partial charge in [-0.2, -0.15) is 0 Å². The van der Waals surface area contributed by atoms with Crippen molar-refractivity contribution in [2.75, 3.05) is 6.61 Å². The van der Waals surface area contributed by atoms with Crippen LogP contribution in [0.25, 0.3) is 0 Å². The summed E-state index contributed by atoms with van der Waals surface area (Å²) in [7, 11) is 0. The maximum Gasteiger partial charge on any atom is 0.0847 e. The molecule has 9 heavy (non-hydrogen) atoms. The van der Waals surface area contributed by atoms with Gasteiger partial charge in [-0.05, 0) is 13.3 Å². The van der Waals surface area contributed by atoms with Crippen molar-refractivity contribution in [3.8, 4) is 0 Å². The first kappa shape index (κ1) is 6.78. The van der Waals surface area contributed by atoms with Crippen LogP contribution in [0.5, 0.6) is 0 Å². The molecule has 2 nitrogen and oxygen atoms in total. The smallest absolute Gasteiger partial charge is 0.0847 e. The molecule has 0 aliphatic carbocycles. The Morgan fingerprint density at radius 2 is 2.56 bits per heavy atom. The van der Waals surface area contributed by atoms with E-state index in [1.165, 1.54) is 0 Å². The summed E-state index contributed by atoms with van der Waals surface area (Å²) in [6.45, 7) is 2.10. The number of aliphatic hydroxyl groups excluding tert-OH is 1. The van der Waals surface area contributed by atoms with Gasteiger partial charge in [0.1, 0.15) is 0 Å². The van der Waals surface area contributed by atoms with E-state index in [4.69, 9.17) is 9.84 Å². The van der Waals surface area contributed by atoms with E-state index in [9.17, 15) is 0 Å². The molecule has 0 aromatic carbocycles. The van der Waals surface area contributed by atoms with Crippen LogP contribution in [-0.2, 0) is 4.74 Å². The van der Waals surface area contributed by atoms with Gasteiger partial charge in [0.05, 0.1) is 18.8 Å². The third-order valence-electron chi connectivity index (χ3n) is 1.42. The van der Waals surface area contributed by atoms with Gasteiger partial charge in [-0.15, -0.1) is 0 Å². The molecule has 0 fully saturated rings. The predicted molar refractivity (Wildman–Crippen MR) is 35.2 cm³/mol. The Bertz CT molecular complexity index is 109. The summed E-state index contributed by atoms with van der Waals surface area (Å²) in [5, 5.41) is 8.65. The van der Waals surface area contributed by atoms with Gasteiger partial charge in [-0.1, -0.05) is 12.2 Å². The second-order valence-corrected chi connectivity index (χ2v) is 2.31. The predicted octanol–water partition coefficient (Wildman–Crippen LogP) is 0.712. The molecule has 2 heteroatoms. The van der Waals surface area contributed by atoms with Gasteiger partial charge in [0, 0.05) is 0 Å². The summed E-state index contributed by atoms with van der Waals surface area (Å²) < 4.78 is 5.30. The lowest BCUT2D eigenvalue weighted by molar-refractivity contribution is -0.0165. The van der Waals surface area contributed by atoms with E-state index in [1.807, 2.05) is 13.0 Å². The number of hydrogen-bond donors (Lipinski definition) is 1. The van der Waals surface area contributed by atoms with Gasteiger partial charge in [0.25, 0.3) is 0 Å². The molecule has 0 radical (unpaired) electrons. The lowest BCUT2D eigenvalue weighted by atomic mass is 10.2. The molecule has 1 heterocycles. The SMILES string of the molecule is CC1C=CCC(CO)O1. The van der Waals surface area contributed by atoms with E-state index < -0.39 is 0 Å². The highest BCUT2D eigenvalue weighted by molar-refractivity contribution is 4.93. The highest BCUT2D eigenvalue weighted by Crippen LogP contribution is 2.10. The zero-order valence-corrected chi connectivity index (χ0v) is 5.58. The minimum Gasteiger partial charge on any atom is -0.394 e. The molecule has 1 rings (SSSR count). The molecule has 2 unspecified atom stereocenters. The van der Waals surface area contributed by atoms with E-state index in [0.29, 0.717) is 0 Å². The van der Waals surface area contributed by atoms with E-state index in [2.05, 4.69) is 6.08 Å². The van der Waals surface area contributed by atoms with Crippen LogP contribution in [0.15, 0.2) is 12.2 Å². The maximum atomic E-state index is 8.65. The third-order valence-corrected chi connectivity index (χ3v) is 1.42. The van der Waals surface area contributed by atoms with Gasteiger partial charge in [-0.25, -0.2) is 0 Å². The zero-order valence-electron chi connectivity index (χ0n) is 5.58. The third kappa shape index (κ3) is 1.80. The van der Waals surface area contributed by atoms with Crippen molar-refractivity contribution in [1.29, 1.82) is 0 Å². The minimum absolute atomic E-state index is 0.0324. The van der Waals surface area contributed by atoms with Gasteiger partial charge in [0.2, 0.25) is 0 Å². The van der Waals surface area contributed by atoms with Crippen LogP contribution in [0, 0.1) is 0 Å². The quantitative estimate of drug-likeness (QED) is 0.527. The molecule has 0 spiro atoms. The number of hydrogen-bond acceptors (Lipinski definition) is 2. The summed E-state index contributed by atoms with van der Waals surface area (Å²) in [5.41, 5.74) is 0. The number of aliphatic hydroxyl groups is 1. The normalized spacial score (nSPS) is 34.9. The average molecular weight is 128 g/mol. The Morgan fingerprint density at radius 3 is 3.00 bits per heavy atom. The first-order chi connectivity index (χ1) is 4.33. The number of rotatable bonds is 1. The first-order valence-electron chi connectivity index (χ1n) is 3.26. The minimum atomic E-state index is 0.0324. The highest BCUT2D eigenvalue weighted by atomic mass is 16.5. The standard InChI is InChI=1S/C7H12O2/c1-6-3-2-4-7(5-8)9-6/h2-3,6-8H,4-5H2,1H3. The summed E-state index contributed by atoms with van der Waals surface area (Å²) in [4.78, 5) is 0. The van der Waals surface area contributed by atoms with Crippen LogP contribution >= 0.6 is 0 Å². The van der Waals surface area contributed by atoms with Crippen molar-refractivity contribution < 1.29 is 9.84 Å². The van der Waals surface area contributed by atoms with E-state index in [-0.39, 0.29) is 18.8 Å². The molecule has 0 aromatic rings. The Kier molecular flexibility index (Phi) is 2.25. The van der Waals surface area contributed by atoms with Crippen molar-refractivity contribution in [2.24, 2.45) is 0 Å². The highest BCUT2D eigenvalue weighted by Gasteiger charge is 2.12. The molecule has 0 saturated carbocycles. The lowest BCUT2D eigenvalue weighted by Gasteiger charge is -2.21. The Morgan fingerprint density at radius 1 is 1.78 bits per heavy atom. The lowest BCUT2D eigenvalue weighted by Crippen LogP contribution is -2.24. The van der Waals surface area contributed by atoms with Gasteiger partial charge in [-0.3, -0.25) is 0 Å². The van der Waals surface area contributed by atoms with Crippen molar-refractivity contribution in [3.63, 3.8) is 0 Å². The number of ether oxygens (including phenoxy) is 1. The zero-order chi connectivity index (χ0) is 6.69. The molecule has 2 atom stereocenters. The van der Waals surface area contributed by atoms with E-state index in [1.54, 1.807) is 0 Å². The van der Waals surface area contributed by atoms with Gasteiger partial charge in [0.15, 0.2) is 0 Å². The van der Waals surface area contributed by atoms with Crippen molar-refractivity contribution in [3.05, 3.63) is 12.2 Å². The van der Waals surface area contributed by atoms with Crippen LogP contribution in [-0.4, -0.2) is 23.9 Å². The molecule has 1 aliphatic heterocycles. The van der Waals surface area contributed by atoms with Crippen LogP contribution in [0.4, 0.5) is 0 Å². The maximum absolute atomic E-state index is 8.65. The summed E-state index contributed by atoms with van der Waals surface area (Å²) in [6.07, 6.45) is 5.11. The summed E-state index contributed by atoms with van der Waals surface area (Å²) in [6, 6.07) is 0. The van der Waals surface area contributed by atoms with Crippen LogP contribution < -0.4 is 0 Å². The molecule has 52 valence electrons. The molecule has 1 aliphatic rings. The fourth-order valence-electron chi connectivity index (χ4n) is 0.944. The molecule has 1 N–H and O–H groups in total. The second-order valence-electron chi connectivity index (χ2n) is 2.31. The Hall–Kier alpha value is -0.340. The average Bonchev–Trinajstić information content (AvgIpc) is 1.88. The van der Waals surface area contributed by atoms with Crippen molar-refractivity contribution >= 4 is 0 Å². The molecule has 0 bridgehead atoms. The fourth-order valence-corrected chi connectivity index (χ4v) is 0.944. The van der Waals surface area contributed by atoms with Crippen LogP contribution in [0.2, 0.25) is 0 Å². The van der Waals surface area contributed by atoms with Gasteiger partial charge >= 0.3 is 0 Å². The van der Waals surface area contributed by atoms with Crippen LogP contribution in [0.3, 0.4) is 0 Å². The van der Waals surface area contributed by atoms with Crippen molar-refractivity contribution in [2.45, 2.75) is 25.6 Å². The summed E-state index contributed by atoms with van der Waals surface area (Å²) in [5.74, 6) is 0. The Balaban J connectivity index is 2.38. The molecule has 0 amide bonds. The largest absolute Gasteiger partial charge is 0.394 e. The second kappa shape index (κ2) is 2.99.